The highest BCUT2D eigenvalue weighted by Crippen LogP contribution is 2.22. The van der Waals surface area contributed by atoms with E-state index in [0.717, 1.165) is 25.3 Å². The third kappa shape index (κ3) is 3.93. The van der Waals surface area contributed by atoms with Gasteiger partial charge < -0.3 is 4.74 Å². The van der Waals surface area contributed by atoms with Crippen molar-refractivity contribution in [2.24, 2.45) is 0 Å². The van der Waals surface area contributed by atoms with E-state index in [0.29, 0.717) is 19.4 Å². The SMILES string of the molecule is O=C(CCc1nc2ccccc2s1)OCc1ccc(Br)cc1. The van der Waals surface area contributed by atoms with Gasteiger partial charge in [0.25, 0.3) is 0 Å². The number of carbonyl (C=O) groups excluding carboxylic acids is 1. The molecule has 0 aliphatic carbocycles. The maximum absolute atomic E-state index is 11.8. The molecule has 0 aliphatic heterocycles. The monoisotopic (exact) mass is 375 g/mol. The largest absolute Gasteiger partial charge is 0.461 e. The first-order chi connectivity index (χ1) is 10.7. The lowest BCUT2D eigenvalue weighted by atomic mass is 10.2. The van der Waals surface area contributed by atoms with E-state index in [1.54, 1.807) is 11.3 Å². The van der Waals surface area contributed by atoms with Gasteiger partial charge in [-0.3, -0.25) is 4.79 Å². The van der Waals surface area contributed by atoms with Crippen LogP contribution in [0, 0.1) is 0 Å². The maximum Gasteiger partial charge on any atom is 0.306 e. The highest BCUT2D eigenvalue weighted by Gasteiger charge is 2.08. The molecule has 0 bridgehead atoms. The molecule has 0 spiro atoms. The van der Waals surface area contributed by atoms with Crippen molar-refractivity contribution in [1.82, 2.24) is 4.98 Å². The number of esters is 1. The molecule has 5 heteroatoms. The first kappa shape index (κ1) is 15.2. The number of carbonyl (C=O) groups is 1. The van der Waals surface area contributed by atoms with Gasteiger partial charge in [-0.1, -0.05) is 40.2 Å². The molecule has 2 aromatic carbocycles. The summed E-state index contributed by atoms with van der Waals surface area (Å²) in [4.78, 5) is 16.3. The van der Waals surface area contributed by atoms with Gasteiger partial charge in [-0.2, -0.15) is 0 Å². The summed E-state index contributed by atoms with van der Waals surface area (Å²) in [6.45, 7) is 0.311. The van der Waals surface area contributed by atoms with Crippen LogP contribution in [0.4, 0.5) is 0 Å². The minimum Gasteiger partial charge on any atom is -0.461 e. The number of hydrogen-bond donors (Lipinski definition) is 0. The quantitative estimate of drug-likeness (QED) is 0.604. The first-order valence-electron chi connectivity index (χ1n) is 6.95. The van der Waals surface area contributed by atoms with Crippen molar-refractivity contribution in [2.75, 3.05) is 0 Å². The van der Waals surface area contributed by atoms with Gasteiger partial charge >= 0.3 is 5.97 Å². The Bertz CT molecular complexity index is 750. The Morgan fingerprint density at radius 2 is 1.91 bits per heavy atom. The molecular weight excluding hydrogens is 362 g/mol. The van der Waals surface area contributed by atoms with Crippen LogP contribution in [0.1, 0.15) is 17.0 Å². The van der Waals surface area contributed by atoms with Crippen LogP contribution in [0.15, 0.2) is 53.0 Å². The van der Waals surface area contributed by atoms with Gasteiger partial charge in [-0.15, -0.1) is 11.3 Å². The van der Waals surface area contributed by atoms with Crippen LogP contribution >= 0.6 is 27.3 Å². The van der Waals surface area contributed by atoms with E-state index in [2.05, 4.69) is 20.9 Å². The van der Waals surface area contributed by atoms with Gasteiger partial charge in [0, 0.05) is 10.9 Å². The number of fused-ring (bicyclic) bond motifs is 1. The number of aromatic nitrogens is 1. The van der Waals surface area contributed by atoms with Gasteiger partial charge in [-0.25, -0.2) is 4.98 Å². The molecule has 1 aromatic heterocycles. The van der Waals surface area contributed by atoms with Crippen molar-refractivity contribution >= 4 is 43.5 Å². The molecule has 22 heavy (non-hydrogen) atoms. The molecule has 0 saturated heterocycles. The normalized spacial score (nSPS) is 10.8. The summed E-state index contributed by atoms with van der Waals surface area (Å²) in [5.41, 5.74) is 1.97. The summed E-state index contributed by atoms with van der Waals surface area (Å²) < 4.78 is 7.45. The number of thiazole rings is 1. The van der Waals surface area contributed by atoms with Crippen LogP contribution in [-0.2, 0) is 22.6 Å². The summed E-state index contributed by atoms with van der Waals surface area (Å²) >= 11 is 5.01. The van der Waals surface area contributed by atoms with Crippen molar-refractivity contribution in [3.63, 3.8) is 0 Å². The zero-order valence-electron chi connectivity index (χ0n) is 11.8. The molecule has 3 aromatic rings. The topological polar surface area (TPSA) is 39.2 Å². The van der Waals surface area contributed by atoms with Crippen LogP contribution in [-0.4, -0.2) is 11.0 Å². The number of rotatable bonds is 5. The molecule has 0 N–H and O–H groups in total. The summed E-state index contributed by atoms with van der Waals surface area (Å²) in [5.74, 6) is -0.192. The van der Waals surface area contributed by atoms with Gasteiger partial charge in [-0.05, 0) is 29.8 Å². The van der Waals surface area contributed by atoms with Crippen molar-refractivity contribution in [3.8, 4) is 0 Å². The Balaban J connectivity index is 1.50. The summed E-state index contributed by atoms with van der Waals surface area (Å²) in [6, 6.07) is 15.7. The van der Waals surface area contributed by atoms with Crippen molar-refractivity contribution in [1.29, 1.82) is 0 Å². The molecule has 0 radical (unpaired) electrons. The minimum atomic E-state index is -0.192. The standard InChI is InChI=1S/C17H14BrNO2S/c18-13-7-5-12(6-8-13)11-21-17(20)10-9-16-19-14-3-1-2-4-15(14)22-16/h1-8H,9-11H2. The van der Waals surface area contributed by atoms with Crippen LogP contribution in [0.3, 0.4) is 0 Å². The molecule has 0 atom stereocenters. The highest BCUT2D eigenvalue weighted by molar-refractivity contribution is 9.10. The number of aryl methyl sites for hydroxylation is 1. The molecule has 112 valence electrons. The molecule has 0 aliphatic rings. The Morgan fingerprint density at radius 3 is 2.68 bits per heavy atom. The third-order valence-electron chi connectivity index (χ3n) is 3.19. The molecule has 3 nitrogen and oxygen atoms in total. The summed E-state index contributed by atoms with van der Waals surface area (Å²) in [6.07, 6.45) is 0.981. The van der Waals surface area contributed by atoms with Crippen molar-refractivity contribution in [3.05, 3.63) is 63.6 Å². The fraction of sp³-hybridized carbons (Fsp3) is 0.176. The van der Waals surface area contributed by atoms with E-state index in [-0.39, 0.29) is 5.97 Å². The fourth-order valence-electron chi connectivity index (χ4n) is 2.05. The first-order valence-corrected chi connectivity index (χ1v) is 8.56. The number of para-hydroxylation sites is 1. The average Bonchev–Trinajstić information content (AvgIpc) is 2.95. The lowest BCUT2D eigenvalue weighted by Gasteiger charge is -2.04. The van der Waals surface area contributed by atoms with Gasteiger partial charge in [0.1, 0.15) is 6.61 Å². The molecule has 1 heterocycles. The van der Waals surface area contributed by atoms with E-state index in [1.165, 1.54) is 0 Å². The zero-order valence-corrected chi connectivity index (χ0v) is 14.2. The Morgan fingerprint density at radius 1 is 1.14 bits per heavy atom. The Kier molecular flexibility index (Phi) is 4.85. The second kappa shape index (κ2) is 7.03. The zero-order chi connectivity index (χ0) is 15.4. The van der Waals surface area contributed by atoms with Crippen LogP contribution in [0.25, 0.3) is 10.2 Å². The van der Waals surface area contributed by atoms with Gasteiger partial charge in [0.2, 0.25) is 0 Å². The van der Waals surface area contributed by atoms with Crippen LogP contribution in [0.2, 0.25) is 0 Å². The number of halogens is 1. The predicted molar refractivity (Wildman–Crippen MR) is 91.9 cm³/mol. The second-order valence-electron chi connectivity index (χ2n) is 4.86. The Hall–Kier alpha value is -1.72. The van der Waals surface area contributed by atoms with E-state index >= 15 is 0 Å². The second-order valence-corrected chi connectivity index (χ2v) is 6.89. The van der Waals surface area contributed by atoms with E-state index in [1.807, 2.05) is 48.5 Å². The molecule has 3 rings (SSSR count). The van der Waals surface area contributed by atoms with Crippen molar-refractivity contribution < 1.29 is 9.53 Å². The third-order valence-corrected chi connectivity index (χ3v) is 4.82. The smallest absolute Gasteiger partial charge is 0.306 e. The molecule has 0 saturated carbocycles. The lowest BCUT2D eigenvalue weighted by Crippen LogP contribution is -2.05. The minimum absolute atomic E-state index is 0.192. The number of benzene rings is 2. The molecule has 0 fully saturated rings. The van der Waals surface area contributed by atoms with Crippen LogP contribution < -0.4 is 0 Å². The summed E-state index contributed by atoms with van der Waals surface area (Å²) in [5, 5.41) is 0.974. The maximum atomic E-state index is 11.8. The summed E-state index contributed by atoms with van der Waals surface area (Å²) in [7, 11) is 0. The van der Waals surface area contributed by atoms with Crippen molar-refractivity contribution in [2.45, 2.75) is 19.4 Å². The molecular formula is C17H14BrNO2S. The average molecular weight is 376 g/mol. The van der Waals surface area contributed by atoms with E-state index in [4.69, 9.17) is 4.74 Å². The highest BCUT2D eigenvalue weighted by atomic mass is 79.9. The predicted octanol–water partition coefficient (Wildman–Crippen LogP) is 4.73. The van der Waals surface area contributed by atoms with E-state index in [9.17, 15) is 4.79 Å². The number of ether oxygens (including phenoxy) is 1. The number of nitrogens with zero attached hydrogens (tertiary/aromatic N) is 1. The Labute approximate surface area is 141 Å². The van der Waals surface area contributed by atoms with E-state index < -0.39 is 0 Å². The van der Waals surface area contributed by atoms with Gasteiger partial charge in [0.15, 0.2) is 0 Å². The van der Waals surface area contributed by atoms with Crippen LogP contribution in [0.5, 0.6) is 0 Å². The molecule has 0 amide bonds. The number of hydrogen-bond acceptors (Lipinski definition) is 4. The molecule has 0 unspecified atom stereocenters. The van der Waals surface area contributed by atoms with Gasteiger partial charge in [0.05, 0.1) is 21.6 Å². The fourth-order valence-corrected chi connectivity index (χ4v) is 3.28. The lowest BCUT2D eigenvalue weighted by molar-refractivity contribution is -0.144.